The summed E-state index contributed by atoms with van der Waals surface area (Å²) in [5.74, 6) is -0.693. The summed E-state index contributed by atoms with van der Waals surface area (Å²) in [7, 11) is 1.29. The van der Waals surface area contributed by atoms with Gasteiger partial charge in [0.25, 0.3) is 0 Å². The van der Waals surface area contributed by atoms with Crippen molar-refractivity contribution in [2.75, 3.05) is 12.4 Å². The Hall–Kier alpha value is -2.11. The van der Waals surface area contributed by atoms with E-state index in [1.54, 1.807) is 13.0 Å². The summed E-state index contributed by atoms with van der Waals surface area (Å²) in [6.07, 6.45) is 1.59. The number of methoxy groups -OCH3 is 1. The Morgan fingerprint density at radius 1 is 1.65 bits per heavy atom. The third-order valence-electron chi connectivity index (χ3n) is 2.20. The van der Waals surface area contributed by atoms with Crippen molar-refractivity contribution in [2.45, 2.75) is 13.0 Å². The summed E-state index contributed by atoms with van der Waals surface area (Å²) in [5, 5.41) is 13.4. The van der Waals surface area contributed by atoms with Crippen molar-refractivity contribution >= 4 is 11.4 Å². The molecular weight excluding hydrogens is 227 g/mol. The second-order valence-electron chi connectivity index (χ2n) is 3.43. The SMILES string of the molecule is C=CC(C)Nc1cc(OC)c([N+](=O)[O-])cc1F. The standard InChI is InChI=1S/C11H13FN2O3/c1-4-7(2)13-9-6-11(17-3)10(14(15)16)5-8(9)12/h4-7,13H,1H2,2-3H3. The average Bonchev–Trinajstić information content (AvgIpc) is 2.30. The van der Waals surface area contributed by atoms with E-state index < -0.39 is 16.4 Å². The van der Waals surface area contributed by atoms with E-state index in [0.29, 0.717) is 0 Å². The van der Waals surface area contributed by atoms with Crippen LogP contribution in [0.1, 0.15) is 6.92 Å². The molecule has 1 rings (SSSR count). The first-order valence-corrected chi connectivity index (χ1v) is 4.90. The van der Waals surface area contributed by atoms with Crippen molar-refractivity contribution in [3.8, 4) is 5.75 Å². The van der Waals surface area contributed by atoms with Crippen molar-refractivity contribution in [1.82, 2.24) is 0 Å². The van der Waals surface area contributed by atoms with E-state index in [2.05, 4.69) is 11.9 Å². The molecule has 0 aromatic heterocycles. The van der Waals surface area contributed by atoms with Gasteiger partial charge in [0.2, 0.25) is 0 Å². The van der Waals surface area contributed by atoms with Gasteiger partial charge in [0.05, 0.1) is 23.8 Å². The molecule has 0 spiro atoms. The van der Waals surface area contributed by atoms with E-state index in [1.807, 2.05) is 0 Å². The van der Waals surface area contributed by atoms with Gasteiger partial charge < -0.3 is 10.1 Å². The van der Waals surface area contributed by atoms with Crippen LogP contribution in [0.5, 0.6) is 5.75 Å². The molecule has 0 aliphatic carbocycles. The maximum atomic E-state index is 13.6. The topological polar surface area (TPSA) is 64.4 Å². The molecule has 1 aromatic carbocycles. The summed E-state index contributed by atoms with van der Waals surface area (Å²) >= 11 is 0. The van der Waals surface area contributed by atoms with Gasteiger partial charge in [-0.1, -0.05) is 6.08 Å². The van der Waals surface area contributed by atoms with E-state index in [4.69, 9.17) is 4.74 Å². The van der Waals surface area contributed by atoms with Gasteiger partial charge in [-0.25, -0.2) is 4.39 Å². The molecule has 1 aromatic rings. The Morgan fingerprint density at radius 2 is 2.29 bits per heavy atom. The van der Waals surface area contributed by atoms with Crippen LogP contribution in [-0.2, 0) is 0 Å². The van der Waals surface area contributed by atoms with E-state index in [1.165, 1.54) is 13.2 Å². The molecule has 0 saturated carbocycles. The Balaban J connectivity index is 3.17. The van der Waals surface area contributed by atoms with Gasteiger partial charge in [0.1, 0.15) is 0 Å². The highest BCUT2D eigenvalue weighted by atomic mass is 19.1. The lowest BCUT2D eigenvalue weighted by Gasteiger charge is -2.12. The average molecular weight is 240 g/mol. The van der Waals surface area contributed by atoms with Crippen LogP contribution in [-0.4, -0.2) is 18.1 Å². The first-order valence-electron chi connectivity index (χ1n) is 4.90. The molecule has 0 saturated heterocycles. The number of hydrogen-bond donors (Lipinski definition) is 1. The number of nitro groups is 1. The van der Waals surface area contributed by atoms with Crippen LogP contribution >= 0.6 is 0 Å². The van der Waals surface area contributed by atoms with Crippen LogP contribution in [0.3, 0.4) is 0 Å². The van der Waals surface area contributed by atoms with Crippen molar-refractivity contribution < 1.29 is 14.1 Å². The first kappa shape index (κ1) is 13.0. The van der Waals surface area contributed by atoms with Gasteiger partial charge in [0.15, 0.2) is 11.6 Å². The Bertz CT molecular complexity index is 449. The van der Waals surface area contributed by atoms with Crippen LogP contribution in [0.4, 0.5) is 15.8 Å². The van der Waals surface area contributed by atoms with Crippen LogP contribution < -0.4 is 10.1 Å². The number of hydrogen-bond acceptors (Lipinski definition) is 4. The Morgan fingerprint density at radius 3 is 2.76 bits per heavy atom. The van der Waals surface area contributed by atoms with Crippen LogP contribution in [0, 0.1) is 15.9 Å². The van der Waals surface area contributed by atoms with Crippen molar-refractivity contribution in [2.24, 2.45) is 0 Å². The molecule has 6 heteroatoms. The highest BCUT2D eigenvalue weighted by molar-refractivity contribution is 5.59. The van der Waals surface area contributed by atoms with Gasteiger partial charge >= 0.3 is 5.69 Å². The van der Waals surface area contributed by atoms with E-state index >= 15 is 0 Å². The summed E-state index contributed by atoms with van der Waals surface area (Å²) < 4.78 is 18.4. The maximum absolute atomic E-state index is 13.6. The highest BCUT2D eigenvalue weighted by Gasteiger charge is 2.19. The zero-order chi connectivity index (χ0) is 13.0. The van der Waals surface area contributed by atoms with Crippen LogP contribution in [0.25, 0.3) is 0 Å². The Kier molecular flexibility index (Phi) is 4.03. The zero-order valence-electron chi connectivity index (χ0n) is 9.57. The lowest BCUT2D eigenvalue weighted by atomic mass is 10.2. The minimum atomic E-state index is -0.703. The second kappa shape index (κ2) is 5.29. The van der Waals surface area contributed by atoms with Crippen LogP contribution in [0.2, 0.25) is 0 Å². The predicted molar refractivity (Wildman–Crippen MR) is 62.9 cm³/mol. The number of halogens is 1. The van der Waals surface area contributed by atoms with Gasteiger partial charge in [-0.15, -0.1) is 6.58 Å². The van der Waals surface area contributed by atoms with E-state index in [-0.39, 0.29) is 17.5 Å². The van der Waals surface area contributed by atoms with Gasteiger partial charge in [-0.3, -0.25) is 10.1 Å². The minimum Gasteiger partial charge on any atom is -0.490 e. The number of rotatable bonds is 5. The lowest BCUT2D eigenvalue weighted by Crippen LogP contribution is -2.12. The lowest BCUT2D eigenvalue weighted by molar-refractivity contribution is -0.385. The molecule has 0 aliphatic rings. The molecule has 0 radical (unpaired) electrons. The fourth-order valence-electron chi connectivity index (χ4n) is 1.26. The number of anilines is 1. The smallest absolute Gasteiger partial charge is 0.313 e. The maximum Gasteiger partial charge on any atom is 0.313 e. The van der Waals surface area contributed by atoms with Crippen LogP contribution in [0.15, 0.2) is 24.8 Å². The summed E-state index contributed by atoms with van der Waals surface area (Å²) in [5.41, 5.74) is -0.262. The number of nitrogens with zero attached hydrogens (tertiary/aromatic N) is 1. The predicted octanol–water partition coefficient (Wildman–Crippen LogP) is 2.73. The normalized spacial score (nSPS) is 11.7. The Labute approximate surface area is 98.0 Å². The molecule has 0 heterocycles. The van der Waals surface area contributed by atoms with Gasteiger partial charge in [-0.05, 0) is 6.92 Å². The minimum absolute atomic E-state index is 0.00941. The monoisotopic (exact) mass is 240 g/mol. The quantitative estimate of drug-likeness (QED) is 0.488. The number of nitrogens with one attached hydrogen (secondary N) is 1. The molecular formula is C11H13FN2O3. The molecule has 0 amide bonds. The van der Waals surface area contributed by atoms with Crippen molar-refractivity contribution in [1.29, 1.82) is 0 Å². The highest BCUT2D eigenvalue weighted by Crippen LogP contribution is 2.32. The number of benzene rings is 1. The van der Waals surface area contributed by atoms with E-state index in [9.17, 15) is 14.5 Å². The molecule has 1 atom stereocenters. The first-order chi connectivity index (χ1) is 7.99. The molecule has 0 aliphatic heterocycles. The zero-order valence-corrected chi connectivity index (χ0v) is 9.57. The summed E-state index contributed by atoms with van der Waals surface area (Å²) in [4.78, 5) is 9.95. The third kappa shape index (κ3) is 2.93. The molecule has 17 heavy (non-hydrogen) atoms. The fourth-order valence-corrected chi connectivity index (χ4v) is 1.26. The molecule has 1 N–H and O–H groups in total. The summed E-state index contributed by atoms with van der Waals surface area (Å²) in [6, 6.07) is 1.93. The third-order valence-corrected chi connectivity index (χ3v) is 2.20. The molecule has 1 unspecified atom stereocenters. The molecule has 0 bridgehead atoms. The fraction of sp³-hybridized carbons (Fsp3) is 0.273. The molecule has 92 valence electrons. The number of ether oxygens (including phenoxy) is 1. The molecule has 0 fully saturated rings. The van der Waals surface area contributed by atoms with Gasteiger partial charge in [0, 0.05) is 12.1 Å². The van der Waals surface area contributed by atoms with E-state index in [0.717, 1.165) is 6.07 Å². The summed E-state index contributed by atoms with van der Waals surface area (Å²) in [6.45, 7) is 5.33. The second-order valence-corrected chi connectivity index (χ2v) is 3.43. The number of nitro benzene ring substituents is 1. The van der Waals surface area contributed by atoms with Gasteiger partial charge in [-0.2, -0.15) is 0 Å². The van der Waals surface area contributed by atoms with Crippen molar-refractivity contribution in [3.05, 3.63) is 40.7 Å². The molecule has 5 nitrogen and oxygen atoms in total. The van der Waals surface area contributed by atoms with Crippen molar-refractivity contribution in [3.63, 3.8) is 0 Å². The largest absolute Gasteiger partial charge is 0.490 e.